The van der Waals surface area contributed by atoms with Crippen LogP contribution in [0.25, 0.3) is 0 Å². The lowest BCUT2D eigenvalue weighted by Crippen LogP contribution is -2.70. The highest BCUT2D eigenvalue weighted by Crippen LogP contribution is 2.60. The number of fused-ring (bicyclic) bond motifs is 2. The van der Waals surface area contributed by atoms with Crippen molar-refractivity contribution in [2.75, 3.05) is 6.54 Å². The zero-order chi connectivity index (χ0) is 25.5. The number of rotatable bonds is 8. The van der Waals surface area contributed by atoms with Crippen molar-refractivity contribution in [1.29, 1.82) is 0 Å². The molecule has 0 aromatic rings. The molecule has 5 fully saturated rings. The molecular weight excluding hydrogens is 455 g/mol. The minimum Gasteiger partial charge on any atom is -0.426 e. The number of carbonyl (C=O) groups excluding carboxylic acids is 2. The molecule has 5 aliphatic rings. The molecule has 9 atom stereocenters. The largest absolute Gasteiger partial charge is 0.475 e. The highest BCUT2D eigenvalue weighted by molar-refractivity contribution is 6.43. The molecule has 198 valence electrons. The van der Waals surface area contributed by atoms with Crippen LogP contribution < -0.4 is 10.6 Å². The summed E-state index contributed by atoms with van der Waals surface area (Å²) in [6.45, 7) is 9.82. The lowest BCUT2D eigenvalue weighted by atomic mass is 9.57. The van der Waals surface area contributed by atoms with Gasteiger partial charge in [-0.25, -0.2) is 9.78 Å². The Morgan fingerprint density at radius 2 is 1.83 bits per heavy atom. The predicted molar refractivity (Wildman–Crippen MR) is 126 cm³/mol. The third-order valence-electron chi connectivity index (χ3n) is 8.56. The van der Waals surface area contributed by atoms with E-state index in [4.69, 9.17) is 19.2 Å². The van der Waals surface area contributed by atoms with Gasteiger partial charge in [0.15, 0.2) is 11.9 Å². The van der Waals surface area contributed by atoms with Gasteiger partial charge >= 0.3 is 7.12 Å². The monoisotopic (exact) mass is 496 g/mol. The van der Waals surface area contributed by atoms with Crippen LogP contribution >= 0.6 is 0 Å². The zero-order valence-corrected chi connectivity index (χ0v) is 21.5. The second kappa shape index (κ2) is 10.3. The van der Waals surface area contributed by atoms with Gasteiger partial charge in [-0.05, 0) is 56.3 Å². The summed E-state index contributed by atoms with van der Waals surface area (Å²) in [5.74, 6) is -1.36. The molecule has 4 heterocycles. The van der Waals surface area contributed by atoms with Crippen LogP contribution in [-0.2, 0) is 28.8 Å². The Hall–Kier alpha value is -1.24. The summed E-state index contributed by atoms with van der Waals surface area (Å²) < 4.78 is 12.7. The first-order valence-electron chi connectivity index (χ1n) is 13.1. The molecule has 0 aromatic carbocycles. The molecule has 5 rings (SSSR count). The molecule has 1 aliphatic carbocycles. The van der Waals surface area contributed by atoms with Gasteiger partial charge in [-0.15, -0.1) is 0 Å². The third kappa shape index (κ3) is 5.26. The number of hydrogen-bond donors (Lipinski definition) is 4. The number of amides is 2. The molecule has 2 amide bonds. The van der Waals surface area contributed by atoms with E-state index in [1.54, 1.807) is 0 Å². The minimum atomic E-state index is -1.66. The maximum absolute atomic E-state index is 12.8. The normalized spacial score (nSPS) is 41.0. The summed E-state index contributed by atoms with van der Waals surface area (Å²) in [5, 5.41) is 24.2. The molecule has 4 aliphatic heterocycles. The molecule has 0 aromatic heterocycles. The van der Waals surface area contributed by atoms with Crippen molar-refractivity contribution < 1.29 is 38.9 Å². The van der Waals surface area contributed by atoms with Crippen LogP contribution in [0.15, 0.2) is 0 Å². The van der Waals surface area contributed by atoms with Crippen LogP contribution in [0.3, 0.4) is 0 Å². The van der Waals surface area contributed by atoms with E-state index in [1.807, 2.05) is 20.8 Å². The molecule has 10 nitrogen and oxygen atoms in total. The highest BCUT2D eigenvalue weighted by atomic mass is 17.3. The SMILES string of the molecule is CC(C)C[C@H](NC(=O)CNC(=O)C[C@H]1O[C@@H]2O[C@@]3(C)CC[C@H]4[C@H](C)CC[C@@H]([C@H]1C)[C@@]24OO3)B(O)O. The Labute approximate surface area is 207 Å². The lowest BCUT2D eigenvalue weighted by molar-refractivity contribution is -0.570. The summed E-state index contributed by atoms with van der Waals surface area (Å²) in [7, 11) is -1.66. The minimum absolute atomic E-state index is 0.0374. The molecule has 0 unspecified atom stereocenters. The zero-order valence-electron chi connectivity index (χ0n) is 21.5. The van der Waals surface area contributed by atoms with E-state index in [0.717, 1.165) is 25.7 Å². The van der Waals surface area contributed by atoms with Gasteiger partial charge in [0.05, 0.1) is 25.0 Å². The quantitative estimate of drug-likeness (QED) is 0.292. The van der Waals surface area contributed by atoms with E-state index >= 15 is 0 Å². The standard InChI is InChI=1S/C24H41BN2O8/c1-13(2)10-19(25(30)31)27-21(29)12-26-20(28)11-18-15(4)17-7-6-14(3)16-8-9-23(5)33-22(32-18)24(16,17)35-34-23/h13-19,22,30-31H,6-12H2,1-5H3,(H,26,28)(H,27,29)/t14-,15-,16+,17+,18-,19+,22-,23-,24-/m1/s1. The van der Waals surface area contributed by atoms with E-state index in [0.29, 0.717) is 12.3 Å². The van der Waals surface area contributed by atoms with Crippen molar-refractivity contribution in [2.45, 2.75) is 103 Å². The Morgan fingerprint density at radius 3 is 2.51 bits per heavy atom. The maximum atomic E-state index is 12.8. The van der Waals surface area contributed by atoms with Gasteiger partial charge in [-0.1, -0.05) is 27.7 Å². The predicted octanol–water partition coefficient (Wildman–Crippen LogP) is 1.29. The van der Waals surface area contributed by atoms with E-state index in [1.165, 1.54) is 0 Å². The van der Waals surface area contributed by atoms with Crippen molar-refractivity contribution in [3.63, 3.8) is 0 Å². The summed E-state index contributed by atoms with van der Waals surface area (Å²) in [6, 6.07) is 0. The Bertz CT molecular complexity index is 799. The van der Waals surface area contributed by atoms with Crippen molar-refractivity contribution in [3.8, 4) is 0 Å². The molecule has 11 heteroatoms. The Morgan fingerprint density at radius 1 is 1.09 bits per heavy atom. The number of carbonyl (C=O) groups is 2. The third-order valence-corrected chi connectivity index (χ3v) is 8.56. The van der Waals surface area contributed by atoms with Gasteiger partial charge in [-0.3, -0.25) is 9.59 Å². The van der Waals surface area contributed by atoms with Crippen LogP contribution in [0.1, 0.15) is 73.1 Å². The summed E-state index contributed by atoms with van der Waals surface area (Å²) in [6.07, 6.45) is 3.22. The van der Waals surface area contributed by atoms with Crippen LogP contribution in [0.2, 0.25) is 0 Å². The van der Waals surface area contributed by atoms with Gasteiger partial charge in [0, 0.05) is 12.3 Å². The van der Waals surface area contributed by atoms with Gasteiger partial charge in [0.25, 0.3) is 0 Å². The van der Waals surface area contributed by atoms with Crippen molar-refractivity contribution >= 4 is 18.9 Å². The van der Waals surface area contributed by atoms with Gasteiger partial charge in [0.1, 0.15) is 0 Å². The van der Waals surface area contributed by atoms with E-state index in [9.17, 15) is 19.6 Å². The fourth-order valence-electron chi connectivity index (χ4n) is 6.67. The fraction of sp³-hybridized carbons (Fsp3) is 0.917. The molecular formula is C24H41BN2O8. The van der Waals surface area contributed by atoms with Crippen molar-refractivity contribution in [1.82, 2.24) is 10.6 Å². The van der Waals surface area contributed by atoms with Gasteiger partial charge in [-0.2, -0.15) is 0 Å². The Kier molecular flexibility index (Phi) is 7.86. The average molecular weight is 496 g/mol. The van der Waals surface area contributed by atoms with Crippen LogP contribution in [0, 0.1) is 29.6 Å². The molecule has 1 saturated carbocycles. The highest BCUT2D eigenvalue weighted by Gasteiger charge is 2.69. The molecule has 2 bridgehead atoms. The molecule has 4 N–H and O–H groups in total. The maximum Gasteiger partial charge on any atom is 0.475 e. The molecule has 1 spiro atoms. The first-order valence-corrected chi connectivity index (χ1v) is 13.1. The number of hydrogen-bond acceptors (Lipinski definition) is 8. The van der Waals surface area contributed by atoms with E-state index < -0.39 is 36.6 Å². The average Bonchev–Trinajstić information content (AvgIpc) is 3.01. The van der Waals surface area contributed by atoms with Crippen molar-refractivity contribution in [2.24, 2.45) is 29.6 Å². The second-order valence-corrected chi connectivity index (χ2v) is 11.6. The Balaban J connectivity index is 1.38. The second-order valence-electron chi connectivity index (χ2n) is 11.6. The van der Waals surface area contributed by atoms with Crippen LogP contribution in [0.5, 0.6) is 0 Å². The summed E-state index contributed by atoms with van der Waals surface area (Å²) >= 11 is 0. The topological polar surface area (TPSA) is 136 Å². The van der Waals surface area contributed by atoms with E-state index in [-0.39, 0.29) is 48.6 Å². The molecule has 0 radical (unpaired) electrons. The summed E-state index contributed by atoms with van der Waals surface area (Å²) in [4.78, 5) is 37.0. The molecule has 4 saturated heterocycles. The fourth-order valence-corrected chi connectivity index (χ4v) is 6.67. The first kappa shape index (κ1) is 26.8. The van der Waals surface area contributed by atoms with Gasteiger partial charge < -0.3 is 30.2 Å². The first-order chi connectivity index (χ1) is 16.4. The van der Waals surface area contributed by atoms with Gasteiger partial charge in [0.2, 0.25) is 17.6 Å². The van der Waals surface area contributed by atoms with E-state index in [2.05, 4.69) is 24.5 Å². The summed E-state index contributed by atoms with van der Waals surface area (Å²) in [5.41, 5.74) is -0.670. The molecule has 35 heavy (non-hydrogen) atoms. The van der Waals surface area contributed by atoms with Crippen LogP contribution in [0.4, 0.5) is 0 Å². The smallest absolute Gasteiger partial charge is 0.426 e. The van der Waals surface area contributed by atoms with Crippen LogP contribution in [-0.4, -0.2) is 65.2 Å². The number of ether oxygens (including phenoxy) is 2. The van der Waals surface area contributed by atoms with Crippen molar-refractivity contribution in [3.05, 3.63) is 0 Å². The number of nitrogens with one attached hydrogen (secondary N) is 2. The lowest BCUT2D eigenvalue weighted by Gasteiger charge is -2.60.